The molecule has 1 heterocycles. The van der Waals surface area contributed by atoms with Crippen LogP contribution < -0.4 is 10.2 Å². The van der Waals surface area contributed by atoms with Gasteiger partial charge in [-0.3, -0.25) is 9.78 Å². The van der Waals surface area contributed by atoms with Gasteiger partial charge in [0.05, 0.1) is 6.54 Å². The lowest BCUT2D eigenvalue weighted by molar-refractivity contribution is 0.0980. The SMILES string of the molecule is CN(C)CCCNc1ccnc(C(=O)N(Cc2ccccc2)c2ccccc2)c1. The number of carbonyl (C=O) groups excluding carboxylic acids is 1. The molecule has 3 aromatic rings. The molecule has 0 radical (unpaired) electrons. The molecule has 3 rings (SSSR count). The van der Waals surface area contributed by atoms with E-state index in [2.05, 4.69) is 29.3 Å². The van der Waals surface area contributed by atoms with Gasteiger partial charge < -0.3 is 15.1 Å². The Labute approximate surface area is 173 Å². The van der Waals surface area contributed by atoms with Gasteiger partial charge in [0, 0.05) is 24.1 Å². The van der Waals surface area contributed by atoms with Gasteiger partial charge in [-0.1, -0.05) is 48.5 Å². The minimum absolute atomic E-state index is 0.114. The molecule has 5 heteroatoms. The number of benzene rings is 2. The van der Waals surface area contributed by atoms with Crippen LogP contribution >= 0.6 is 0 Å². The van der Waals surface area contributed by atoms with Crippen LogP contribution in [-0.2, 0) is 6.54 Å². The summed E-state index contributed by atoms with van der Waals surface area (Å²) in [6.07, 6.45) is 2.72. The summed E-state index contributed by atoms with van der Waals surface area (Å²) in [5.74, 6) is -0.114. The Hall–Kier alpha value is -3.18. The van der Waals surface area contributed by atoms with Crippen LogP contribution in [0.5, 0.6) is 0 Å². The van der Waals surface area contributed by atoms with Crippen LogP contribution in [0.3, 0.4) is 0 Å². The van der Waals surface area contributed by atoms with Crippen LogP contribution in [0.2, 0.25) is 0 Å². The van der Waals surface area contributed by atoms with Gasteiger partial charge in [-0.15, -0.1) is 0 Å². The second kappa shape index (κ2) is 10.4. The molecular weight excluding hydrogens is 360 g/mol. The maximum absolute atomic E-state index is 13.4. The Morgan fingerprint density at radius 2 is 1.66 bits per heavy atom. The van der Waals surface area contributed by atoms with Crippen LogP contribution in [-0.4, -0.2) is 43.0 Å². The van der Waals surface area contributed by atoms with Crippen molar-refractivity contribution in [3.8, 4) is 0 Å². The van der Waals surface area contributed by atoms with Crippen LogP contribution in [0.4, 0.5) is 11.4 Å². The zero-order valence-corrected chi connectivity index (χ0v) is 17.1. The number of anilines is 2. The zero-order valence-electron chi connectivity index (χ0n) is 17.1. The fourth-order valence-corrected chi connectivity index (χ4v) is 3.08. The number of aromatic nitrogens is 1. The van der Waals surface area contributed by atoms with Crippen LogP contribution in [0.1, 0.15) is 22.5 Å². The third-order valence-electron chi connectivity index (χ3n) is 4.59. The monoisotopic (exact) mass is 388 g/mol. The van der Waals surface area contributed by atoms with Crippen molar-refractivity contribution in [2.45, 2.75) is 13.0 Å². The fraction of sp³-hybridized carbons (Fsp3) is 0.250. The summed E-state index contributed by atoms with van der Waals surface area (Å²) in [6.45, 7) is 2.36. The summed E-state index contributed by atoms with van der Waals surface area (Å²) in [6, 6.07) is 23.5. The van der Waals surface area contributed by atoms with Crippen molar-refractivity contribution < 1.29 is 4.79 Å². The third-order valence-corrected chi connectivity index (χ3v) is 4.59. The molecule has 150 valence electrons. The molecule has 0 saturated carbocycles. The first kappa shape index (κ1) is 20.6. The second-order valence-electron chi connectivity index (χ2n) is 7.23. The lowest BCUT2D eigenvalue weighted by atomic mass is 10.1. The molecule has 1 aromatic heterocycles. The summed E-state index contributed by atoms with van der Waals surface area (Å²) in [7, 11) is 4.13. The molecule has 1 N–H and O–H groups in total. The molecule has 0 atom stereocenters. The van der Waals surface area contributed by atoms with Crippen molar-refractivity contribution in [2.75, 3.05) is 37.4 Å². The predicted octanol–water partition coefficient (Wildman–Crippen LogP) is 4.29. The molecule has 0 aliphatic heterocycles. The average Bonchev–Trinajstić information content (AvgIpc) is 2.76. The molecule has 0 bridgehead atoms. The molecule has 5 nitrogen and oxygen atoms in total. The summed E-state index contributed by atoms with van der Waals surface area (Å²) in [4.78, 5) is 21.6. The molecule has 0 spiro atoms. The van der Waals surface area contributed by atoms with E-state index < -0.39 is 0 Å². The van der Waals surface area contributed by atoms with Gasteiger partial charge in [0.15, 0.2) is 0 Å². The van der Waals surface area contributed by atoms with Gasteiger partial charge in [0.1, 0.15) is 5.69 Å². The molecule has 0 fully saturated rings. The van der Waals surface area contributed by atoms with Crippen molar-refractivity contribution in [2.24, 2.45) is 0 Å². The first-order chi connectivity index (χ1) is 14.1. The summed E-state index contributed by atoms with van der Waals surface area (Å²) in [5, 5.41) is 3.39. The minimum Gasteiger partial charge on any atom is -0.385 e. The van der Waals surface area contributed by atoms with Gasteiger partial charge in [0.2, 0.25) is 0 Å². The highest BCUT2D eigenvalue weighted by Crippen LogP contribution is 2.20. The molecule has 0 unspecified atom stereocenters. The Morgan fingerprint density at radius 3 is 2.34 bits per heavy atom. The van der Waals surface area contributed by atoms with Gasteiger partial charge in [-0.2, -0.15) is 0 Å². The lowest BCUT2D eigenvalue weighted by Crippen LogP contribution is -2.31. The number of nitrogens with one attached hydrogen (secondary N) is 1. The Morgan fingerprint density at radius 1 is 0.966 bits per heavy atom. The van der Waals surface area contributed by atoms with E-state index in [-0.39, 0.29) is 5.91 Å². The normalized spacial score (nSPS) is 10.7. The average molecular weight is 389 g/mol. The van der Waals surface area contributed by atoms with Gasteiger partial charge in [-0.25, -0.2) is 0 Å². The first-order valence-electron chi connectivity index (χ1n) is 9.89. The summed E-state index contributed by atoms with van der Waals surface area (Å²) >= 11 is 0. The summed E-state index contributed by atoms with van der Waals surface area (Å²) in [5.41, 5.74) is 3.27. The number of para-hydroxylation sites is 1. The van der Waals surface area contributed by atoms with Crippen molar-refractivity contribution >= 4 is 17.3 Å². The molecule has 0 saturated heterocycles. The molecule has 29 heavy (non-hydrogen) atoms. The highest BCUT2D eigenvalue weighted by Gasteiger charge is 2.19. The standard InChI is InChI=1S/C24H28N4O/c1-27(2)17-9-15-25-21-14-16-26-23(18-21)24(29)28(22-12-7-4-8-13-22)19-20-10-5-3-6-11-20/h3-8,10-14,16,18H,9,15,17,19H2,1-2H3,(H,25,26). The highest BCUT2D eigenvalue weighted by molar-refractivity contribution is 6.05. The van der Waals surface area contributed by atoms with E-state index in [0.717, 1.165) is 36.4 Å². The van der Waals surface area contributed by atoms with E-state index >= 15 is 0 Å². The van der Waals surface area contributed by atoms with Gasteiger partial charge >= 0.3 is 0 Å². The minimum atomic E-state index is -0.114. The van der Waals surface area contributed by atoms with Crippen LogP contribution in [0.25, 0.3) is 0 Å². The fourth-order valence-electron chi connectivity index (χ4n) is 3.08. The van der Waals surface area contributed by atoms with Crippen LogP contribution in [0, 0.1) is 0 Å². The van der Waals surface area contributed by atoms with Crippen molar-refractivity contribution in [3.63, 3.8) is 0 Å². The van der Waals surface area contributed by atoms with E-state index in [1.807, 2.05) is 72.8 Å². The van der Waals surface area contributed by atoms with E-state index in [4.69, 9.17) is 0 Å². The molecule has 1 amide bonds. The quantitative estimate of drug-likeness (QED) is 0.556. The number of hydrogen-bond donors (Lipinski definition) is 1. The smallest absolute Gasteiger partial charge is 0.277 e. The number of carbonyl (C=O) groups is 1. The topological polar surface area (TPSA) is 48.5 Å². The molecule has 2 aromatic carbocycles. The molecular formula is C24H28N4O. The maximum atomic E-state index is 13.4. The first-order valence-corrected chi connectivity index (χ1v) is 9.89. The number of nitrogens with zero attached hydrogens (tertiary/aromatic N) is 3. The number of hydrogen-bond acceptors (Lipinski definition) is 4. The van der Waals surface area contributed by atoms with Crippen molar-refractivity contribution in [3.05, 3.63) is 90.3 Å². The largest absolute Gasteiger partial charge is 0.385 e. The second-order valence-corrected chi connectivity index (χ2v) is 7.23. The highest BCUT2D eigenvalue weighted by atomic mass is 16.2. The van der Waals surface area contributed by atoms with Gasteiger partial charge in [-0.05, 0) is 56.9 Å². The van der Waals surface area contributed by atoms with Crippen LogP contribution in [0.15, 0.2) is 79.0 Å². The lowest BCUT2D eigenvalue weighted by Gasteiger charge is -2.23. The third kappa shape index (κ3) is 6.16. The Balaban J connectivity index is 1.78. The van der Waals surface area contributed by atoms with Crippen molar-refractivity contribution in [1.29, 1.82) is 0 Å². The summed E-state index contributed by atoms with van der Waals surface area (Å²) < 4.78 is 0. The van der Waals surface area contributed by atoms with E-state index in [0.29, 0.717) is 12.2 Å². The predicted molar refractivity (Wildman–Crippen MR) is 119 cm³/mol. The Bertz CT molecular complexity index is 897. The van der Waals surface area contributed by atoms with E-state index in [1.165, 1.54) is 0 Å². The molecule has 0 aliphatic carbocycles. The van der Waals surface area contributed by atoms with E-state index in [1.54, 1.807) is 11.1 Å². The Kier molecular flexibility index (Phi) is 7.36. The van der Waals surface area contributed by atoms with Crippen molar-refractivity contribution in [1.82, 2.24) is 9.88 Å². The van der Waals surface area contributed by atoms with E-state index in [9.17, 15) is 4.79 Å². The maximum Gasteiger partial charge on any atom is 0.277 e. The number of amides is 1. The molecule has 0 aliphatic rings. The number of rotatable bonds is 9. The van der Waals surface area contributed by atoms with Gasteiger partial charge in [0.25, 0.3) is 5.91 Å². The number of pyridine rings is 1. The zero-order chi connectivity index (χ0) is 20.5.